The molecular formula is C22H23NO2. The molecule has 0 saturated heterocycles. The summed E-state index contributed by atoms with van der Waals surface area (Å²) in [7, 11) is 3.36. The van der Waals surface area contributed by atoms with Crippen LogP contribution in [0.2, 0.25) is 0 Å². The smallest absolute Gasteiger partial charge is 0.118 e. The molecule has 0 atom stereocenters. The Bertz CT molecular complexity index is 884. The molecule has 2 aromatic carbocycles. The summed E-state index contributed by atoms with van der Waals surface area (Å²) in [6.45, 7) is 4.25. The molecule has 0 aliphatic heterocycles. The lowest BCUT2D eigenvalue weighted by Crippen LogP contribution is -2.14. The van der Waals surface area contributed by atoms with Crippen molar-refractivity contribution >= 4 is 11.1 Å². The summed E-state index contributed by atoms with van der Waals surface area (Å²) in [5, 5.41) is 2.24. The number of rotatable bonds is 4. The zero-order chi connectivity index (χ0) is 17.8. The quantitative estimate of drug-likeness (QED) is 0.793. The van der Waals surface area contributed by atoms with E-state index < -0.39 is 0 Å². The van der Waals surface area contributed by atoms with Crippen LogP contribution in [0.5, 0.6) is 11.5 Å². The molecule has 0 saturated carbocycles. The SMILES string of the molecule is COc1ccc(/C(C)=c2\cc/c(=C(/C)c3ccc(OC)cc3)[nH]2)cc1. The van der Waals surface area contributed by atoms with Crippen LogP contribution in [0, 0.1) is 0 Å². The third-order valence-corrected chi connectivity index (χ3v) is 4.54. The van der Waals surface area contributed by atoms with Gasteiger partial charge < -0.3 is 14.5 Å². The van der Waals surface area contributed by atoms with Gasteiger partial charge in [0, 0.05) is 10.7 Å². The van der Waals surface area contributed by atoms with Crippen LogP contribution in [-0.2, 0) is 0 Å². The van der Waals surface area contributed by atoms with E-state index in [0.29, 0.717) is 0 Å². The fraction of sp³-hybridized carbons (Fsp3) is 0.182. The molecule has 0 aliphatic carbocycles. The van der Waals surface area contributed by atoms with Crippen molar-refractivity contribution in [2.75, 3.05) is 14.2 Å². The Hall–Kier alpha value is -2.94. The molecule has 1 aromatic heterocycles. The number of benzene rings is 2. The summed E-state index contributed by atoms with van der Waals surface area (Å²) in [6.07, 6.45) is 0. The molecule has 0 radical (unpaired) electrons. The van der Waals surface area contributed by atoms with Crippen molar-refractivity contribution in [1.29, 1.82) is 0 Å². The van der Waals surface area contributed by atoms with Crippen molar-refractivity contribution in [3.8, 4) is 11.5 Å². The van der Waals surface area contributed by atoms with E-state index in [0.717, 1.165) is 22.2 Å². The van der Waals surface area contributed by atoms with Gasteiger partial charge in [0.15, 0.2) is 0 Å². The maximum absolute atomic E-state index is 5.23. The highest BCUT2D eigenvalue weighted by atomic mass is 16.5. The Morgan fingerprint density at radius 3 is 1.28 bits per heavy atom. The summed E-state index contributed by atoms with van der Waals surface area (Å²) in [4.78, 5) is 3.53. The predicted octanol–water partition coefficient (Wildman–Crippen LogP) is 3.47. The van der Waals surface area contributed by atoms with Gasteiger partial charge in [0.1, 0.15) is 11.5 Å². The first-order valence-corrected chi connectivity index (χ1v) is 8.28. The highest BCUT2D eigenvalue weighted by molar-refractivity contribution is 5.65. The summed E-state index contributed by atoms with van der Waals surface area (Å²) >= 11 is 0. The van der Waals surface area contributed by atoms with Gasteiger partial charge in [-0.05, 0) is 72.5 Å². The molecule has 3 nitrogen and oxygen atoms in total. The standard InChI is InChI=1S/C22H23NO2/c1-15(17-5-9-19(24-3)10-6-17)21-13-14-22(23-21)16(2)18-7-11-20(25-4)12-8-18/h5-14,23H,1-4H3/b21-15+,22-16+. The van der Waals surface area contributed by atoms with Crippen LogP contribution in [0.3, 0.4) is 0 Å². The Balaban J connectivity index is 2.01. The molecule has 3 heteroatoms. The van der Waals surface area contributed by atoms with Crippen molar-refractivity contribution in [3.05, 3.63) is 82.5 Å². The minimum atomic E-state index is 0.868. The van der Waals surface area contributed by atoms with Crippen LogP contribution in [0.1, 0.15) is 25.0 Å². The van der Waals surface area contributed by atoms with E-state index in [2.05, 4.69) is 55.2 Å². The van der Waals surface area contributed by atoms with E-state index in [9.17, 15) is 0 Å². The number of nitrogens with one attached hydrogen (secondary N) is 1. The number of aromatic nitrogens is 1. The molecular weight excluding hydrogens is 310 g/mol. The third-order valence-electron chi connectivity index (χ3n) is 4.54. The maximum Gasteiger partial charge on any atom is 0.118 e. The van der Waals surface area contributed by atoms with E-state index >= 15 is 0 Å². The van der Waals surface area contributed by atoms with E-state index in [1.54, 1.807) is 14.2 Å². The highest BCUT2D eigenvalue weighted by Crippen LogP contribution is 2.17. The Morgan fingerprint density at radius 1 is 0.600 bits per heavy atom. The third kappa shape index (κ3) is 3.61. The van der Waals surface area contributed by atoms with Crippen molar-refractivity contribution in [2.24, 2.45) is 0 Å². The van der Waals surface area contributed by atoms with Gasteiger partial charge >= 0.3 is 0 Å². The number of hydrogen-bond acceptors (Lipinski definition) is 2. The van der Waals surface area contributed by atoms with E-state index in [1.165, 1.54) is 22.3 Å². The predicted molar refractivity (Wildman–Crippen MR) is 102 cm³/mol. The number of ether oxygens (including phenoxy) is 2. The van der Waals surface area contributed by atoms with Crippen LogP contribution in [0.4, 0.5) is 0 Å². The molecule has 25 heavy (non-hydrogen) atoms. The molecule has 128 valence electrons. The molecule has 1 N–H and O–H groups in total. The van der Waals surface area contributed by atoms with Gasteiger partial charge in [0.2, 0.25) is 0 Å². The van der Waals surface area contributed by atoms with Gasteiger partial charge in [0.25, 0.3) is 0 Å². The van der Waals surface area contributed by atoms with Crippen LogP contribution in [0.15, 0.2) is 60.7 Å². The first kappa shape index (κ1) is 16.9. The molecule has 3 rings (SSSR count). The Labute approximate surface area is 148 Å². The van der Waals surface area contributed by atoms with Gasteiger partial charge in [-0.25, -0.2) is 0 Å². The Kier molecular flexibility index (Phi) is 4.94. The fourth-order valence-corrected chi connectivity index (χ4v) is 2.83. The second kappa shape index (κ2) is 7.31. The average Bonchev–Trinajstić information content (AvgIpc) is 3.17. The van der Waals surface area contributed by atoms with Gasteiger partial charge in [-0.15, -0.1) is 0 Å². The second-order valence-corrected chi connectivity index (χ2v) is 5.99. The normalized spacial score (nSPS) is 13.3. The van der Waals surface area contributed by atoms with Crippen LogP contribution >= 0.6 is 0 Å². The van der Waals surface area contributed by atoms with Gasteiger partial charge in [-0.3, -0.25) is 0 Å². The molecule has 0 fully saturated rings. The van der Waals surface area contributed by atoms with Crippen LogP contribution < -0.4 is 20.2 Å². The first-order valence-electron chi connectivity index (χ1n) is 8.28. The van der Waals surface area contributed by atoms with E-state index in [-0.39, 0.29) is 0 Å². The minimum Gasteiger partial charge on any atom is -0.497 e. The fourth-order valence-electron chi connectivity index (χ4n) is 2.83. The van der Waals surface area contributed by atoms with Gasteiger partial charge in [-0.2, -0.15) is 0 Å². The molecule has 0 unspecified atom stereocenters. The molecule has 0 bridgehead atoms. The van der Waals surface area contributed by atoms with Crippen molar-refractivity contribution in [2.45, 2.75) is 13.8 Å². The Morgan fingerprint density at radius 2 is 0.960 bits per heavy atom. The largest absolute Gasteiger partial charge is 0.497 e. The lowest BCUT2D eigenvalue weighted by Gasteiger charge is -2.04. The van der Waals surface area contributed by atoms with Gasteiger partial charge in [0.05, 0.1) is 14.2 Å². The molecule has 0 aliphatic rings. The van der Waals surface area contributed by atoms with E-state index in [4.69, 9.17) is 9.47 Å². The second-order valence-electron chi connectivity index (χ2n) is 5.99. The zero-order valence-electron chi connectivity index (χ0n) is 15.1. The minimum absolute atomic E-state index is 0.868. The van der Waals surface area contributed by atoms with Gasteiger partial charge in [-0.1, -0.05) is 24.3 Å². The number of hydrogen-bond donors (Lipinski definition) is 1. The zero-order valence-corrected chi connectivity index (χ0v) is 15.1. The maximum atomic E-state index is 5.23. The molecule has 1 heterocycles. The first-order chi connectivity index (χ1) is 12.1. The molecule has 0 amide bonds. The monoisotopic (exact) mass is 333 g/mol. The van der Waals surface area contributed by atoms with Crippen molar-refractivity contribution in [3.63, 3.8) is 0 Å². The summed E-state index contributed by atoms with van der Waals surface area (Å²) in [6, 6.07) is 20.5. The van der Waals surface area contributed by atoms with Crippen molar-refractivity contribution < 1.29 is 9.47 Å². The lowest BCUT2D eigenvalue weighted by molar-refractivity contribution is 0.414. The van der Waals surface area contributed by atoms with Crippen molar-refractivity contribution in [1.82, 2.24) is 4.98 Å². The highest BCUT2D eigenvalue weighted by Gasteiger charge is 2.02. The number of H-pyrrole nitrogens is 1. The molecule has 3 aromatic rings. The lowest BCUT2D eigenvalue weighted by atomic mass is 10.1. The number of methoxy groups -OCH3 is 2. The topological polar surface area (TPSA) is 34.2 Å². The van der Waals surface area contributed by atoms with Crippen LogP contribution in [-0.4, -0.2) is 19.2 Å². The van der Waals surface area contributed by atoms with Crippen LogP contribution in [0.25, 0.3) is 11.1 Å². The summed E-state index contributed by atoms with van der Waals surface area (Å²) < 4.78 is 10.5. The number of aromatic amines is 1. The average molecular weight is 333 g/mol. The summed E-state index contributed by atoms with van der Waals surface area (Å²) in [5.74, 6) is 1.74. The van der Waals surface area contributed by atoms with E-state index in [1.807, 2.05) is 24.3 Å². The molecule has 0 spiro atoms. The summed E-state index contributed by atoms with van der Waals surface area (Å²) in [5.41, 5.74) is 4.76.